The van der Waals surface area contributed by atoms with Gasteiger partial charge in [-0.05, 0) is 0 Å². The summed E-state index contributed by atoms with van der Waals surface area (Å²) in [4.78, 5) is 11.9. The molecule has 12 heavy (non-hydrogen) atoms. The van der Waals surface area contributed by atoms with Crippen molar-refractivity contribution >= 4 is 16.0 Å². The lowest BCUT2D eigenvalue weighted by molar-refractivity contribution is -0.130. The standard InChI is InChI=1S/C5H9NO5S/c1-6-4(7)2-3(5(6)8)12(9,10)11/h3-4,7H,2H2,1H3,(H,9,10,11). The molecule has 0 saturated carbocycles. The summed E-state index contributed by atoms with van der Waals surface area (Å²) in [6.07, 6.45) is -1.39. The van der Waals surface area contributed by atoms with Crippen LogP contribution in [0, 0.1) is 0 Å². The van der Waals surface area contributed by atoms with Crippen molar-refractivity contribution in [3.8, 4) is 0 Å². The molecule has 2 N–H and O–H groups in total. The predicted molar refractivity (Wildman–Crippen MR) is 38.7 cm³/mol. The first-order valence-electron chi connectivity index (χ1n) is 3.25. The number of hydrogen-bond acceptors (Lipinski definition) is 4. The summed E-state index contributed by atoms with van der Waals surface area (Å²) in [6.45, 7) is 0. The Balaban J connectivity index is 2.93. The van der Waals surface area contributed by atoms with Gasteiger partial charge in [-0.2, -0.15) is 8.42 Å². The average Bonchev–Trinajstić information content (AvgIpc) is 2.15. The molecule has 6 nitrogen and oxygen atoms in total. The van der Waals surface area contributed by atoms with Crippen LogP contribution in [-0.2, 0) is 14.9 Å². The number of nitrogens with zero attached hydrogens (tertiary/aromatic N) is 1. The molecule has 1 aliphatic rings. The number of aliphatic hydroxyl groups excluding tert-OH is 1. The number of hydrogen-bond donors (Lipinski definition) is 2. The molecule has 0 aromatic carbocycles. The summed E-state index contributed by atoms with van der Waals surface area (Å²) >= 11 is 0. The number of likely N-dealkylation sites (tertiary alicyclic amines) is 1. The van der Waals surface area contributed by atoms with Gasteiger partial charge in [0.1, 0.15) is 6.23 Å². The molecule has 7 heteroatoms. The van der Waals surface area contributed by atoms with Gasteiger partial charge in [0.15, 0.2) is 5.25 Å². The summed E-state index contributed by atoms with van der Waals surface area (Å²) in [5, 5.41) is 7.53. The van der Waals surface area contributed by atoms with E-state index in [2.05, 4.69) is 0 Å². The van der Waals surface area contributed by atoms with Crippen LogP contribution in [0.25, 0.3) is 0 Å². The zero-order chi connectivity index (χ0) is 9.52. The maximum atomic E-state index is 11.0. The van der Waals surface area contributed by atoms with Crippen molar-refractivity contribution in [2.45, 2.75) is 17.9 Å². The first-order chi connectivity index (χ1) is 5.34. The molecule has 0 aliphatic carbocycles. The van der Waals surface area contributed by atoms with E-state index in [0.717, 1.165) is 4.90 Å². The van der Waals surface area contributed by atoms with Crippen molar-refractivity contribution < 1.29 is 22.9 Å². The van der Waals surface area contributed by atoms with Gasteiger partial charge in [-0.3, -0.25) is 9.35 Å². The van der Waals surface area contributed by atoms with E-state index < -0.39 is 27.5 Å². The number of aliphatic hydroxyl groups is 1. The lowest BCUT2D eigenvalue weighted by Gasteiger charge is -2.12. The van der Waals surface area contributed by atoms with Gasteiger partial charge in [-0.25, -0.2) is 0 Å². The highest BCUT2D eigenvalue weighted by atomic mass is 32.2. The maximum Gasteiger partial charge on any atom is 0.277 e. The van der Waals surface area contributed by atoms with E-state index >= 15 is 0 Å². The van der Waals surface area contributed by atoms with Crippen molar-refractivity contribution in [2.24, 2.45) is 0 Å². The Bertz CT molecular complexity index is 297. The molecular formula is C5H9NO5S. The van der Waals surface area contributed by atoms with Crippen LogP contribution >= 0.6 is 0 Å². The number of rotatable bonds is 1. The lowest BCUT2D eigenvalue weighted by Crippen LogP contribution is -2.33. The van der Waals surface area contributed by atoms with Crippen molar-refractivity contribution in [3.63, 3.8) is 0 Å². The van der Waals surface area contributed by atoms with Crippen molar-refractivity contribution in [2.75, 3.05) is 7.05 Å². The highest BCUT2D eigenvalue weighted by Gasteiger charge is 2.43. The number of carbonyl (C=O) groups excluding carboxylic acids is 1. The minimum Gasteiger partial charge on any atom is -0.373 e. The maximum absolute atomic E-state index is 11.0. The molecule has 0 spiro atoms. The highest BCUT2D eigenvalue weighted by molar-refractivity contribution is 7.87. The first-order valence-corrected chi connectivity index (χ1v) is 4.75. The second-order valence-corrected chi connectivity index (χ2v) is 4.27. The van der Waals surface area contributed by atoms with E-state index in [1.807, 2.05) is 0 Å². The van der Waals surface area contributed by atoms with Crippen LogP contribution in [-0.4, -0.2) is 47.4 Å². The molecule has 1 rings (SSSR count). The molecule has 0 bridgehead atoms. The minimum absolute atomic E-state index is 0.270. The third-order valence-corrected chi connectivity index (χ3v) is 2.97. The highest BCUT2D eigenvalue weighted by Crippen LogP contribution is 2.20. The Hall–Kier alpha value is -0.660. The van der Waals surface area contributed by atoms with Gasteiger partial charge >= 0.3 is 0 Å². The van der Waals surface area contributed by atoms with E-state index in [4.69, 9.17) is 9.66 Å². The van der Waals surface area contributed by atoms with E-state index in [-0.39, 0.29) is 6.42 Å². The van der Waals surface area contributed by atoms with Crippen LogP contribution in [0.5, 0.6) is 0 Å². The summed E-state index contributed by atoms with van der Waals surface area (Å²) in [7, 11) is -3.09. The molecule has 0 aromatic rings. The largest absolute Gasteiger partial charge is 0.373 e. The van der Waals surface area contributed by atoms with E-state index in [9.17, 15) is 13.2 Å². The normalized spacial score (nSPS) is 31.2. The van der Waals surface area contributed by atoms with Gasteiger partial charge in [0.25, 0.3) is 10.1 Å². The van der Waals surface area contributed by atoms with Gasteiger partial charge in [0.2, 0.25) is 5.91 Å². The van der Waals surface area contributed by atoms with Crippen molar-refractivity contribution in [1.82, 2.24) is 4.90 Å². The van der Waals surface area contributed by atoms with Crippen molar-refractivity contribution in [3.05, 3.63) is 0 Å². The van der Waals surface area contributed by atoms with Gasteiger partial charge < -0.3 is 10.0 Å². The monoisotopic (exact) mass is 195 g/mol. The fraction of sp³-hybridized carbons (Fsp3) is 0.800. The van der Waals surface area contributed by atoms with Crippen LogP contribution in [0.4, 0.5) is 0 Å². The molecule has 0 radical (unpaired) electrons. The Labute approximate surface area is 69.5 Å². The molecule has 1 fully saturated rings. The second kappa shape index (κ2) is 2.68. The lowest BCUT2D eigenvalue weighted by atomic mass is 10.3. The summed E-state index contributed by atoms with van der Waals surface area (Å²) in [5.74, 6) is -0.773. The Morgan fingerprint density at radius 1 is 1.58 bits per heavy atom. The van der Waals surface area contributed by atoms with Crippen LogP contribution in [0.1, 0.15) is 6.42 Å². The summed E-state index contributed by atoms with van der Waals surface area (Å²) in [5.41, 5.74) is 0. The van der Waals surface area contributed by atoms with Gasteiger partial charge in [-0.1, -0.05) is 0 Å². The molecule has 0 aromatic heterocycles. The average molecular weight is 195 g/mol. The van der Waals surface area contributed by atoms with Crippen LogP contribution in [0.3, 0.4) is 0 Å². The smallest absolute Gasteiger partial charge is 0.277 e. The molecule has 2 unspecified atom stereocenters. The quantitative estimate of drug-likeness (QED) is 0.492. The van der Waals surface area contributed by atoms with Crippen LogP contribution in [0.15, 0.2) is 0 Å². The third kappa shape index (κ3) is 1.43. The molecule has 2 atom stereocenters. The molecule has 1 aliphatic heterocycles. The number of amides is 1. The first kappa shape index (κ1) is 9.43. The van der Waals surface area contributed by atoms with Crippen LogP contribution in [0.2, 0.25) is 0 Å². The minimum atomic E-state index is -4.37. The fourth-order valence-electron chi connectivity index (χ4n) is 1.07. The zero-order valence-corrected chi connectivity index (χ0v) is 7.15. The Morgan fingerprint density at radius 2 is 2.08 bits per heavy atom. The van der Waals surface area contributed by atoms with Gasteiger partial charge in [0, 0.05) is 13.5 Å². The SMILES string of the molecule is CN1C(=O)C(S(=O)(=O)O)CC1O. The zero-order valence-electron chi connectivity index (χ0n) is 6.34. The van der Waals surface area contributed by atoms with E-state index in [1.54, 1.807) is 0 Å². The predicted octanol–water partition coefficient (Wildman–Crippen LogP) is -1.58. The molecule has 1 heterocycles. The molecule has 1 amide bonds. The van der Waals surface area contributed by atoms with Crippen LogP contribution < -0.4 is 0 Å². The molecule has 1 saturated heterocycles. The van der Waals surface area contributed by atoms with Crippen molar-refractivity contribution in [1.29, 1.82) is 0 Å². The Kier molecular flexibility index (Phi) is 2.11. The summed E-state index contributed by atoms with van der Waals surface area (Å²) < 4.78 is 29.6. The van der Waals surface area contributed by atoms with E-state index in [0.29, 0.717) is 0 Å². The molecule has 70 valence electrons. The van der Waals surface area contributed by atoms with Gasteiger partial charge in [-0.15, -0.1) is 0 Å². The summed E-state index contributed by atoms with van der Waals surface area (Å²) in [6, 6.07) is 0. The van der Waals surface area contributed by atoms with Gasteiger partial charge in [0.05, 0.1) is 0 Å². The van der Waals surface area contributed by atoms with E-state index in [1.165, 1.54) is 7.05 Å². The number of carbonyl (C=O) groups is 1. The fourth-order valence-corrected chi connectivity index (χ4v) is 1.91. The second-order valence-electron chi connectivity index (χ2n) is 2.67. The molecular weight excluding hydrogens is 186 g/mol. The topological polar surface area (TPSA) is 94.9 Å². The third-order valence-electron chi connectivity index (χ3n) is 1.85. The Morgan fingerprint density at radius 3 is 2.25 bits per heavy atom.